The Morgan fingerprint density at radius 3 is 2.63 bits per heavy atom. The predicted molar refractivity (Wildman–Crippen MR) is 101 cm³/mol. The number of nitrogens with zero attached hydrogens (tertiary/aromatic N) is 1. The first-order valence-corrected chi connectivity index (χ1v) is 8.52. The minimum Gasteiger partial charge on any atom is -0.495 e. The van der Waals surface area contributed by atoms with Crippen molar-refractivity contribution < 1.29 is 19.0 Å². The number of methoxy groups -OCH3 is 1. The largest absolute Gasteiger partial charge is 0.495 e. The molecule has 2 heterocycles. The van der Waals surface area contributed by atoms with Crippen LogP contribution >= 0.6 is 0 Å². The SMILES string of the molecule is COc1cc(-c2ccncc2)ccc1NC(=O)[C@H]1COc2ccccc2O1. The molecule has 27 heavy (non-hydrogen) atoms. The van der Waals surface area contributed by atoms with Gasteiger partial charge < -0.3 is 19.5 Å². The van der Waals surface area contributed by atoms with E-state index in [1.807, 2.05) is 48.5 Å². The normalized spacial score (nSPS) is 15.1. The maximum Gasteiger partial charge on any atom is 0.269 e. The maximum absolute atomic E-state index is 12.6. The van der Waals surface area contributed by atoms with Gasteiger partial charge in [0.15, 0.2) is 11.5 Å². The van der Waals surface area contributed by atoms with Gasteiger partial charge in [0.05, 0.1) is 12.8 Å². The second-order valence-corrected chi connectivity index (χ2v) is 6.00. The molecule has 3 aromatic rings. The molecule has 0 saturated heterocycles. The van der Waals surface area contributed by atoms with Gasteiger partial charge in [0.25, 0.3) is 5.91 Å². The Balaban J connectivity index is 1.51. The van der Waals surface area contributed by atoms with Crippen molar-refractivity contribution in [3.05, 3.63) is 67.0 Å². The highest BCUT2D eigenvalue weighted by molar-refractivity contribution is 5.96. The van der Waals surface area contributed by atoms with Gasteiger partial charge in [-0.1, -0.05) is 18.2 Å². The Kier molecular flexibility index (Phi) is 4.61. The summed E-state index contributed by atoms with van der Waals surface area (Å²) in [5.74, 6) is 1.47. The summed E-state index contributed by atoms with van der Waals surface area (Å²) >= 11 is 0. The number of hydrogen-bond acceptors (Lipinski definition) is 5. The molecule has 6 heteroatoms. The molecule has 1 aliphatic heterocycles. The third kappa shape index (κ3) is 3.55. The highest BCUT2D eigenvalue weighted by Crippen LogP contribution is 2.33. The lowest BCUT2D eigenvalue weighted by Crippen LogP contribution is -2.40. The topological polar surface area (TPSA) is 69.7 Å². The summed E-state index contributed by atoms with van der Waals surface area (Å²) in [6.45, 7) is 0.153. The van der Waals surface area contributed by atoms with E-state index in [0.29, 0.717) is 22.9 Å². The van der Waals surface area contributed by atoms with E-state index in [9.17, 15) is 4.79 Å². The molecular weight excluding hydrogens is 344 g/mol. The number of fused-ring (bicyclic) bond motifs is 1. The van der Waals surface area contributed by atoms with Crippen LogP contribution in [0.5, 0.6) is 17.2 Å². The van der Waals surface area contributed by atoms with Crippen LogP contribution < -0.4 is 19.5 Å². The van der Waals surface area contributed by atoms with E-state index in [2.05, 4.69) is 10.3 Å². The fraction of sp³-hybridized carbons (Fsp3) is 0.143. The Hall–Kier alpha value is -3.54. The Morgan fingerprint density at radius 1 is 1.07 bits per heavy atom. The highest BCUT2D eigenvalue weighted by atomic mass is 16.6. The van der Waals surface area contributed by atoms with Crippen LogP contribution in [-0.2, 0) is 4.79 Å². The minimum atomic E-state index is -0.732. The molecule has 1 amide bonds. The van der Waals surface area contributed by atoms with Gasteiger partial charge >= 0.3 is 0 Å². The van der Waals surface area contributed by atoms with Gasteiger partial charge in [-0.3, -0.25) is 9.78 Å². The summed E-state index contributed by atoms with van der Waals surface area (Å²) in [6, 6.07) is 16.7. The number of benzene rings is 2. The van der Waals surface area contributed by atoms with Crippen molar-refractivity contribution in [2.24, 2.45) is 0 Å². The molecule has 4 rings (SSSR count). The van der Waals surface area contributed by atoms with E-state index in [1.165, 1.54) is 0 Å². The van der Waals surface area contributed by atoms with Crippen LogP contribution in [0.4, 0.5) is 5.69 Å². The summed E-state index contributed by atoms with van der Waals surface area (Å²) in [5, 5.41) is 2.86. The Labute approximate surface area is 156 Å². The Morgan fingerprint density at radius 2 is 1.85 bits per heavy atom. The second-order valence-electron chi connectivity index (χ2n) is 6.00. The molecule has 0 aliphatic carbocycles. The first-order valence-electron chi connectivity index (χ1n) is 8.52. The maximum atomic E-state index is 12.6. The number of carbonyl (C=O) groups is 1. The number of rotatable bonds is 4. The number of amides is 1. The smallest absolute Gasteiger partial charge is 0.269 e. The number of nitrogens with one attached hydrogen (secondary N) is 1. The van der Waals surface area contributed by atoms with Crippen LogP contribution in [0.15, 0.2) is 67.0 Å². The van der Waals surface area contributed by atoms with Crippen LogP contribution in [0.2, 0.25) is 0 Å². The summed E-state index contributed by atoms with van der Waals surface area (Å²) in [5.41, 5.74) is 2.56. The summed E-state index contributed by atoms with van der Waals surface area (Å²) < 4.78 is 16.8. The van der Waals surface area contributed by atoms with Crippen LogP contribution in [-0.4, -0.2) is 30.7 Å². The summed E-state index contributed by atoms with van der Waals surface area (Å²) in [4.78, 5) is 16.6. The third-order valence-corrected chi connectivity index (χ3v) is 4.27. The molecule has 1 aliphatic rings. The Bertz CT molecular complexity index is 959. The van der Waals surface area contributed by atoms with Crippen molar-refractivity contribution in [1.82, 2.24) is 4.98 Å². The van der Waals surface area contributed by atoms with Crippen molar-refractivity contribution in [3.63, 3.8) is 0 Å². The number of carbonyl (C=O) groups excluding carboxylic acids is 1. The van der Waals surface area contributed by atoms with E-state index in [0.717, 1.165) is 11.1 Å². The average Bonchev–Trinajstić information content (AvgIpc) is 2.74. The standard InChI is InChI=1S/C21H18N2O4/c1-25-19-12-15(14-8-10-22-11-9-14)6-7-16(19)23-21(24)20-13-26-17-4-2-3-5-18(17)27-20/h2-12,20H,13H2,1H3,(H,23,24)/t20-/m1/s1. The van der Waals surface area contributed by atoms with E-state index < -0.39 is 6.10 Å². The van der Waals surface area contributed by atoms with Crippen molar-refractivity contribution in [2.75, 3.05) is 19.0 Å². The van der Waals surface area contributed by atoms with E-state index in [1.54, 1.807) is 25.6 Å². The zero-order valence-corrected chi connectivity index (χ0v) is 14.7. The quantitative estimate of drug-likeness (QED) is 0.769. The number of para-hydroxylation sites is 2. The molecule has 1 aromatic heterocycles. The zero-order valence-electron chi connectivity index (χ0n) is 14.7. The van der Waals surface area contributed by atoms with Crippen molar-refractivity contribution in [2.45, 2.75) is 6.10 Å². The van der Waals surface area contributed by atoms with Gasteiger partial charge in [0, 0.05) is 12.4 Å². The highest BCUT2D eigenvalue weighted by Gasteiger charge is 2.27. The van der Waals surface area contributed by atoms with E-state index in [-0.39, 0.29) is 12.5 Å². The lowest BCUT2D eigenvalue weighted by atomic mass is 10.1. The van der Waals surface area contributed by atoms with Crippen LogP contribution in [0.3, 0.4) is 0 Å². The predicted octanol–water partition coefficient (Wildman–Crippen LogP) is 3.54. The molecule has 0 radical (unpaired) electrons. The number of aromatic nitrogens is 1. The third-order valence-electron chi connectivity index (χ3n) is 4.27. The monoisotopic (exact) mass is 362 g/mol. The van der Waals surface area contributed by atoms with Crippen LogP contribution in [0.1, 0.15) is 0 Å². The molecule has 0 saturated carbocycles. The lowest BCUT2D eigenvalue weighted by molar-refractivity contribution is -0.125. The number of ether oxygens (including phenoxy) is 3. The van der Waals surface area contributed by atoms with Gasteiger partial charge in [-0.15, -0.1) is 0 Å². The molecule has 0 bridgehead atoms. The molecule has 1 N–H and O–H groups in total. The number of hydrogen-bond donors (Lipinski definition) is 1. The molecule has 6 nitrogen and oxygen atoms in total. The second kappa shape index (κ2) is 7.37. The summed E-state index contributed by atoms with van der Waals surface area (Å²) in [6.07, 6.45) is 2.73. The first kappa shape index (κ1) is 16.9. The summed E-state index contributed by atoms with van der Waals surface area (Å²) in [7, 11) is 1.57. The number of pyridine rings is 1. The van der Waals surface area contributed by atoms with Crippen molar-refractivity contribution in [3.8, 4) is 28.4 Å². The van der Waals surface area contributed by atoms with Crippen LogP contribution in [0, 0.1) is 0 Å². The van der Waals surface area contributed by atoms with Gasteiger partial charge in [0.2, 0.25) is 6.10 Å². The molecule has 0 fully saturated rings. The van der Waals surface area contributed by atoms with Crippen molar-refractivity contribution in [1.29, 1.82) is 0 Å². The van der Waals surface area contributed by atoms with Gasteiger partial charge in [-0.2, -0.15) is 0 Å². The fourth-order valence-corrected chi connectivity index (χ4v) is 2.88. The van der Waals surface area contributed by atoms with Crippen molar-refractivity contribution >= 4 is 11.6 Å². The van der Waals surface area contributed by atoms with E-state index in [4.69, 9.17) is 14.2 Å². The number of anilines is 1. The minimum absolute atomic E-state index is 0.153. The van der Waals surface area contributed by atoms with Crippen LogP contribution in [0.25, 0.3) is 11.1 Å². The first-order chi connectivity index (χ1) is 13.2. The molecule has 0 unspecified atom stereocenters. The molecule has 2 aromatic carbocycles. The van der Waals surface area contributed by atoms with Gasteiger partial charge in [-0.25, -0.2) is 0 Å². The zero-order chi connectivity index (χ0) is 18.6. The average molecular weight is 362 g/mol. The van der Waals surface area contributed by atoms with Gasteiger partial charge in [-0.05, 0) is 47.5 Å². The molecular formula is C21H18N2O4. The molecule has 1 atom stereocenters. The fourth-order valence-electron chi connectivity index (χ4n) is 2.88. The molecule has 0 spiro atoms. The van der Waals surface area contributed by atoms with Gasteiger partial charge in [0.1, 0.15) is 12.4 Å². The molecule has 136 valence electrons. The lowest BCUT2D eigenvalue weighted by Gasteiger charge is -2.25. The van der Waals surface area contributed by atoms with E-state index >= 15 is 0 Å².